The minimum absolute atomic E-state index is 0.144. The van der Waals surface area contributed by atoms with Crippen LogP contribution in [0.1, 0.15) is 107 Å². The fraction of sp³-hybridized carbons (Fsp3) is 0.302. The van der Waals surface area contributed by atoms with Gasteiger partial charge < -0.3 is 9.80 Å². The van der Waals surface area contributed by atoms with E-state index in [4.69, 9.17) is 1.34 Å². The van der Waals surface area contributed by atoms with Gasteiger partial charge in [0.1, 0.15) is 0 Å². The summed E-state index contributed by atoms with van der Waals surface area (Å²) in [5, 5.41) is 0. The number of rotatable bonds is 6. The molecule has 2 aliphatic heterocycles. The fourth-order valence-corrected chi connectivity index (χ4v) is 7.47. The molecule has 2 nitrogen and oxygen atoms in total. The molecule has 2 radical (unpaired) electrons. The topological polar surface area (TPSA) is 6.48 Å². The van der Waals surface area contributed by atoms with Crippen molar-refractivity contribution in [1.82, 2.24) is 0 Å². The molecule has 0 saturated carbocycles. The van der Waals surface area contributed by atoms with E-state index < -0.39 is 0 Å². The number of benzene rings is 5. The summed E-state index contributed by atoms with van der Waals surface area (Å²) in [4.78, 5) is 5.06. The van der Waals surface area contributed by atoms with E-state index in [9.17, 15) is 0 Å². The Morgan fingerprint density at radius 1 is 0.468 bits per heavy atom. The second-order valence-electron chi connectivity index (χ2n) is 14.8. The summed E-state index contributed by atoms with van der Waals surface area (Å²) in [5.41, 5.74) is 18.5. The summed E-state index contributed by atoms with van der Waals surface area (Å²) in [6.45, 7) is 20.7. The molecule has 0 spiro atoms. The molecule has 4 heteroatoms. The number of fused-ring (bicyclic) bond motifs is 4. The van der Waals surface area contributed by atoms with E-state index in [1.54, 1.807) is 0 Å². The lowest BCUT2D eigenvalue weighted by molar-refractivity contribution is 0.866. The Balaban J connectivity index is 0.00000197. The second-order valence-corrected chi connectivity index (χ2v) is 14.8. The van der Waals surface area contributed by atoms with Gasteiger partial charge in [0.25, 0.3) is 6.71 Å². The van der Waals surface area contributed by atoms with Crippen LogP contribution in [0.3, 0.4) is 0 Å². The maximum Gasteiger partial charge on any atom is 0.252 e. The molecule has 236 valence electrons. The molecule has 7 rings (SSSR count). The summed E-state index contributed by atoms with van der Waals surface area (Å²) < 4.78 is 5.25. The molecule has 0 aliphatic carbocycles. The molecule has 0 atom stereocenters. The molecule has 5 aromatic rings. The largest absolute Gasteiger partial charge is 0.311 e. The monoisotopic (exact) mass is 615 g/mol. The van der Waals surface area contributed by atoms with Gasteiger partial charge in [-0.1, -0.05) is 104 Å². The minimum Gasteiger partial charge on any atom is -0.311 e. The summed E-state index contributed by atoms with van der Waals surface area (Å²) in [6.07, 6.45) is 0. The standard InChI is InChI=1S/C43H47BN2.BH/c1-26(2)31-10-16-35(17-11-31)45-39-20-14-33(28(5)6)24-37(39)44-38-25-34(29(7)8)15-21-40(38)46(36-18-12-32(13-19-36)27(3)4)42-23-30(9)22-41(45)43(42)44;/h10-29H,1-9H3;1H/i;1D. The van der Waals surface area contributed by atoms with Gasteiger partial charge in [0.15, 0.2) is 0 Å². The zero-order valence-corrected chi connectivity index (χ0v) is 29.6. The van der Waals surface area contributed by atoms with E-state index in [0.29, 0.717) is 23.7 Å². The molecule has 47 heavy (non-hydrogen) atoms. The zero-order valence-electron chi connectivity index (χ0n) is 30.6. The van der Waals surface area contributed by atoms with Crippen molar-refractivity contribution >= 4 is 65.6 Å². The molecule has 5 aromatic carbocycles. The lowest BCUT2D eigenvalue weighted by Crippen LogP contribution is -2.61. The predicted molar refractivity (Wildman–Crippen MR) is 209 cm³/mol. The first-order valence-corrected chi connectivity index (χ1v) is 17.3. The molecule has 0 amide bonds. The van der Waals surface area contributed by atoms with Crippen molar-refractivity contribution in [3.63, 3.8) is 0 Å². The number of hydrogen-bond donors (Lipinski definition) is 0. The minimum atomic E-state index is 0.144. The number of hydrogen-bond acceptors (Lipinski definition) is 2. The first kappa shape index (κ1) is 31.4. The van der Waals surface area contributed by atoms with Gasteiger partial charge >= 0.3 is 0 Å². The Labute approximate surface area is 286 Å². The average Bonchev–Trinajstić information content (AvgIpc) is 3.08. The van der Waals surface area contributed by atoms with Gasteiger partial charge in [-0.2, -0.15) is 0 Å². The highest BCUT2D eigenvalue weighted by Gasteiger charge is 2.43. The van der Waals surface area contributed by atoms with Crippen LogP contribution in [-0.4, -0.2) is 16.4 Å². The van der Waals surface area contributed by atoms with Crippen LogP contribution in [0.15, 0.2) is 97.1 Å². The third-order valence-electron chi connectivity index (χ3n) is 10.2. The molecule has 0 aromatic heterocycles. The van der Waals surface area contributed by atoms with Gasteiger partial charge in [0.2, 0.25) is 0 Å². The van der Waals surface area contributed by atoms with Crippen LogP contribution in [0.4, 0.5) is 34.1 Å². The molecule has 2 aliphatic rings. The van der Waals surface area contributed by atoms with Crippen molar-refractivity contribution in [2.75, 3.05) is 9.80 Å². The second kappa shape index (κ2) is 12.5. The summed E-state index contributed by atoms with van der Waals surface area (Å²) in [5.74, 6) is 1.89. The molecular formula is C43H48B2N2. The van der Waals surface area contributed by atoms with Crippen molar-refractivity contribution in [3.8, 4) is 0 Å². The number of anilines is 6. The van der Waals surface area contributed by atoms with E-state index >= 15 is 0 Å². The van der Waals surface area contributed by atoms with Crippen molar-refractivity contribution in [2.45, 2.75) is 86.0 Å². The SMILES string of the molecule is Cc1cc2c3c(c1)N(c1ccc(C(C)C)cc1)c1ccc(C(C)C)cc1B3c1cc(C(C)C)ccc1N2c1ccc(C(C)C)cc1.[2H][B]. The van der Waals surface area contributed by atoms with E-state index in [0.717, 1.165) is 0 Å². The maximum absolute atomic E-state index is 5.25. The van der Waals surface area contributed by atoms with Gasteiger partial charge in [-0.25, -0.2) is 0 Å². The van der Waals surface area contributed by atoms with Gasteiger partial charge in [0, 0.05) is 42.5 Å². The third kappa shape index (κ3) is 5.50. The highest BCUT2D eigenvalue weighted by Crippen LogP contribution is 2.45. The van der Waals surface area contributed by atoms with Crippen LogP contribution in [0.5, 0.6) is 0 Å². The Morgan fingerprint density at radius 2 is 0.809 bits per heavy atom. The lowest BCUT2D eigenvalue weighted by Gasteiger charge is -2.44. The van der Waals surface area contributed by atoms with Crippen LogP contribution in [-0.2, 0) is 0 Å². The highest BCUT2D eigenvalue weighted by molar-refractivity contribution is 7.00. The first-order valence-electron chi connectivity index (χ1n) is 17.8. The Morgan fingerprint density at radius 3 is 1.15 bits per heavy atom. The molecule has 0 N–H and O–H groups in total. The van der Waals surface area contributed by atoms with Crippen LogP contribution < -0.4 is 26.2 Å². The highest BCUT2D eigenvalue weighted by atomic mass is 15.2. The molecular weight excluding hydrogens is 566 g/mol. The fourth-order valence-electron chi connectivity index (χ4n) is 7.47. The molecule has 2 heterocycles. The predicted octanol–water partition coefficient (Wildman–Crippen LogP) is 9.92. The van der Waals surface area contributed by atoms with E-state index in [1.165, 1.54) is 78.3 Å². The van der Waals surface area contributed by atoms with Gasteiger partial charge in [-0.15, -0.1) is 0 Å². The van der Waals surface area contributed by atoms with Crippen LogP contribution in [0.2, 0.25) is 0 Å². The quantitative estimate of drug-likeness (QED) is 0.172. The van der Waals surface area contributed by atoms with Crippen LogP contribution in [0, 0.1) is 6.92 Å². The average molecular weight is 616 g/mol. The van der Waals surface area contributed by atoms with Crippen LogP contribution >= 0.6 is 0 Å². The maximum atomic E-state index is 5.25. The Bertz CT molecular complexity index is 1790. The third-order valence-corrected chi connectivity index (χ3v) is 10.2. The number of aryl methyl sites for hydroxylation is 1. The van der Waals surface area contributed by atoms with Gasteiger partial charge in [-0.3, -0.25) is 0 Å². The zero-order chi connectivity index (χ0) is 34.4. The Hall–Kier alpha value is -4.17. The first-order chi connectivity index (χ1) is 23.0. The van der Waals surface area contributed by atoms with Gasteiger partial charge in [0.05, 0.1) is 0 Å². The Kier molecular flexibility index (Phi) is 8.33. The van der Waals surface area contributed by atoms with Crippen LogP contribution in [0.25, 0.3) is 0 Å². The smallest absolute Gasteiger partial charge is 0.252 e. The summed E-state index contributed by atoms with van der Waals surface area (Å²) in [6, 6.07) is 37.8. The van der Waals surface area contributed by atoms with Crippen molar-refractivity contribution in [2.24, 2.45) is 0 Å². The molecule has 0 unspecified atom stereocenters. The van der Waals surface area contributed by atoms with E-state index in [-0.39, 0.29) is 6.71 Å². The molecule has 0 fully saturated rings. The molecule has 0 saturated heterocycles. The van der Waals surface area contributed by atoms with E-state index in [1.807, 2.05) is 0 Å². The normalized spacial score (nSPS) is 13.4. The van der Waals surface area contributed by atoms with E-state index in [2.05, 4.69) is 178 Å². The number of nitrogens with zero attached hydrogens (tertiary/aromatic N) is 2. The van der Waals surface area contributed by atoms with Crippen molar-refractivity contribution in [3.05, 3.63) is 125 Å². The van der Waals surface area contributed by atoms with Crippen molar-refractivity contribution < 1.29 is 0 Å². The summed E-state index contributed by atoms with van der Waals surface area (Å²) in [7, 11) is 3.75. The summed E-state index contributed by atoms with van der Waals surface area (Å²) >= 11 is 0. The van der Waals surface area contributed by atoms with Crippen molar-refractivity contribution in [1.29, 1.82) is 1.34 Å². The lowest BCUT2D eigenvalue weighted by atomic mass is 9.33. The molecule has 0 bridgehead atoms. The van der Waals surface area contributed by atoms with Gasteiger partial charge in [-0.05, 0) is 125 Å².